The Morgan fingerprint density at radius 3 is 2.83 bits per heavy atom. The van der Waals surface area contributed by atoms with E-state index in [9.17, 15) is 0 Å². The van der Waals surface area contributed by atoms with Crippen LogP contribution >= 0.6 is 24.8 Å². The summed E-state index contributed by atoms with van der Waals surface area (Å²) in [6.45, 7) is 6.76. The normalized spacial score (nSPS) is 16.2. The van der Waals surface area contributed by atoms with Crippen molar-refractivity contribution in [2.75, 3.05) is 26.8 Å². The van der Waals surface area contributed by atoms with E-state index in [0.29, 0.717) is 12.6 Å². The molecule has 1 aromatic carbocycles. The summed E-state index contributed by atoms with van der Waals surface area (Å²) in [6, 6.07) is 10.7. The highest BCUT2D eigenvalue weighted by Gasteiger charge is 2.23. The van der Waals surface area contributed by atoms with Gasteiger partial charge in [0.2, 0.25) is 0 Å². The third-order valence-corrected chi connectivity index (χ3v) is 5.16. The Balaban J connectivity index is 0.00000210. The lowest BCUT2D eigenvalue weighted by Crippen LogP contribution is -2.34. The second-order valence-electron chi connectivity index (χ2n) is 7.00. The first kappa shape index (κ1) is 25.3. The standard InChI is InChI=1S/C23H30N2O2.2ClH/c1-3-8-19-17-21(26-2)11-12-23(19)27-16-7-15-25-14-5-4-10-22(25)20-9-6-13-24-18-20;;/h3,6,9,11-13,17-18,22H,1,4-5,7-8,10,14-16H2,2H3;2*1H. The maximum absolute atomic E-state index is 6.08. The van der Waals surface area contributed by atoms with E-state index in [4.69, 9.17) is 9.47 Å². The van der Waals surface area contributed by atoms with Crippen molar-refractivity contribution in [3.05, 3.63) is 66.5 Å². The first-order valence-electron chi connectivity index (χ1n) is 9.86. The van der Waals surface area contributed by atoms with E-state index < -0.39 is 0 Å². The van der Waals surface area contributed by atoms with Crippen LogP contribution in [0.2, 0.25) is 0 Å². The second kappa shape index (κ2) is 13.5. The van der Waals surface area contributed by atoms with Gasteiger partial charge in [-0.2, -0.15) is 0 Å². The summed E-state index contributed by atoms with van der Waals surface area (Å²) in [7, 11) is 1.69. The molecule has 0 N–H and O–H groups in total. The molecule has 0 saturated carbocycles. The number of nitrogens with zero attached hydrogens (tertiary/aromatic N) is 2. The highest BCUT2D eigenvalue weighted by molar-refractivity contribution is 5.85. The Morgan fingerprint density at radius 1 is 1.24 bits per heavy atom. The maximum Gasteiger partial charge on any atom is 0.123 e. The molecule has 4 nitrogen and oxygen atoms in total. The number of aromatic nitrogens is 1. The number of allylic oxidation sites excluding steroid dienone is 1. The Bertz CT molecular complexity index is 728. The molecule has 0 aliphatic carbocycles. The van der Waals surface area contributed by atoms with Gasteiger partial charge in [-0.15, -0.1) is 31.4 Å². The van der Waals surface area contributed by atoms with E-state index in [1.165, 1.54) is 24.8 Å². The van der Waals surface area contributed by atoms with Gasteiger partial charge < -0.3 is 9.47 Å². The van der Waals surface area contributed by atoms with E-state index in [1.54, 1.807) is 7.11 Å². The van der Waals surface area contributed by atoms with Gasteiger partial charge in [0.1, 0.15) is 11.5 Å². The number of likely N-dealkylation sites (tertiary alicyclic amines) is 1. The van der Waals surface area contributed by atoms with Crippen LogP contribution in [0.3, 0.4) is 0 Å². The van der Waals surface area contributed by atoms with Gasteiger partial charge in [-0.25, -0.2) is 0 Å². The maximum atomic E-state index is 6.08. The fourth-order valence-electron chi connectivity index (χ4n) is 3.80. The van der Waals surface area contributed by atoms with Gasteiger partial charge in [-0.05, 0) is 62.1 Å². The molecule has 1 atom stereocenters. The number of hydrogen-bond donors (Lipinski definition) is 0. The molecular formula is C23H32Cl2N2O2. The smallest absolute Gasteiger partial charge is 0.123 e. The van der Waals surface area contributed by atoms with Crippen molar-refractivity contribution in [1.29, 1.82) is 0 Å². The number of piperidine rings is 1. The van der Waals surface area contributed by atoms with Gasteiger partial charge in [0.15, 0.2) is 0 Å². The Kier molecular flexibility index (Phi) is 11.7. The number of methoxy groups -OCH3 is 1. The molecule has 0 bridgehead atoms. The summed E-state index contributed by atoms with van der Waals surface area (Å²) >= 11 is 0. The Morgan fingerprint density at radius 2 is 2.10 bits per heavy atom. The van der Waals surface area contributed by atoms with Crippen molar-refractivity contribution in [1.82, 2.24) is 9.88 Å². The van der Waals surface area contributed by atoms with E-state index in [0.717, 1.165) is 43.0 Å². The van der Waals surface area contributed by atoms with Crippen molar-refractivity contribution >= 4 is 24.8 Å². The Hall–Kier alpha value is -1.75. The van der Waals surface area contributed by atoms with Crippen LogP contribution in [0.5, 0.6) is 11.5 Å². The van der Waals surface area contributed by atoms with Gasteiger partial charge >= 0.3 is 0 Å². The lowest BCUT2D eigenvalue weighted by atomic mass is 9.96. The number of ether oxygens (including phenoxy) is 2. The largest absolute Gasteiger partial charge is 0.497 e. The van der Waals surface area contributed by atoms with E-state index in [1.807, 2.05) is 42.7 Å². The highest BCUT2D eigenvalue weighted by Crippen LogP contribution is 2.30. The minimum Gasteiger partial charge on any atom is -0.497 e. The van der Waals surface area contributed by atoms with Crippen molar-refractivity contribution in [2.24, 2.45) is 0 Å². The van der Waals surface area contributed by atoms with Crippen molar-refractivity contribution in [2.45, 2.75) is 38.1 Å². The monoisotopic (exact) mass is 438 g/mol. The minimum absolute atomic E-state index is 0. The third kappa shape index (κ3) is 7.22. The molecule has 1 saturated heterocycles. The molecule has 0 spiro atoms. The van der Waals surface area contributed by atoms with Crippen LogP contribution in [0.1, 0.15) is 42.9 Å². The molecule has 1 fully saturated rings. The summed E-state index contributed by atoms with van der Waals surface area (Å²) in [4.78, 5) is 6.89. The molecule has 1 aromatic heterocycles. The first-order valence-corrected chi connectivity index (χ1v) is 9.86. The molecule has 1 aliphatic rings. The molecule has 0 radical (unpaired) electrons. The van der Waals surface area contributed by atoms with Crippen LogP contribution in [-0.2, 0) is 6.42 Å². The topological polar surface area (TPSA) is 34.6 Å². The van der Waals surface area contributed by atoms with Gasteiger partial charge in [0.25, 0.3) is 0 Å². The van der Waals surface area contributed by atoms with Crippen LogP contribution in [0.4, 0.5) is 0 Å². The van der Waals surface area contributed by atoms with Gasteiger partial charge in [-0.1, -0.05) is 18.6 Å². The minimum atomic E-state index is 0. The van der Waals surface area contributed by atoms with E-state index in [-0.39, 0.29) is 24.8 Å². The summed E-state index contributed by atoms with van der Waals surface area (Å²) in [5.74, 6) is 1.78. The zero-order valence-electron chi connectivity index (χ0n) is 17.1. The fraction of sp³-hybridized carbons (Fsp3) is 0.435. The fourth-order valence-corrected chi connectivity index (χ4v) is 3.80. The van der Waals surface area contributed by atoms with E-state index in [2.05, 4.69) is 22.5 Å². The van der Waals surface area contributed by atoms with Gasteiger partial charge in [0.05, 0.1) is 13.7 Å². The summed E-state index contributed by atoms with van der Waals surface area (Å²) < 4.78 is 11.4. The molecular weight excluding hydrogens is 407 g/mol. The highest BCUT2D eigenvalue weighted by atomic mass is 35.5. The predicted octanol–water partition coefficient (Wildman–Crippen LogP) is 5.66. The van der Waals surface area contributed by atoms with E-state index >= 15 is 0 Å². The quantitative estimate of drug-likeness (QED) is 0.373. The average Bonchev–Trinajstić information content (AvgIpc) is 2.73. The number of halogens is 2. The predicted molar refractivity (Wildman–Crippen MR) is 124 cm³/mol. The number of rotatable bonds is 9. The van der Waals surface area contributed by atoms with Crippen molar-refractivity contribution < 1.29 is 9.47 Å². The SMILES string of the molecule is C=CCc1cc(OC)ccc1OCCCN1CCCCC1c1cccnc1.Cl.Cl. The first-order chi connectivity index (χ1) is 13.3. The molecule has 6 heteroatoms. The molecule has 1 unspecified atom stereocenters. The van der Waals surface area contributed by atoms with Crippen LogP contribution in [0.15, 0.2) is 55.4 Å². The molecule has 160 valence electrons. The van der Waals surface area contributed by atoms with Crippen LogP contribution in [-0.4, -0.2) is 36.7 Å². The number of hydrogen-bond acceptors (Lipinski definition) is 4. The zero-order valence-corrected chi connectivity index (χ0v) is 18.7. The third-order valence-electron chi connectivity index (χ3n) is 5.16. The van der Waals surface area contributed by atoms with Gasteiger partial charge in [0, 0.05) is 30.5 Å². The van der Waals surface area contributed by atoms with Crippen molar-refractivity contribution in [3.63, 3.8) is 0 Å². The Labute approximate surface area is 187 Å². The molecule has 2 heterocycles. The lowest BCUT2D eigenvalue weighted by Gasteiger charge is -2.35. The molecule has 29 heavy (non-hydrogen) atoms. The summed E-state index contributed by atoms with van der Waals surface area (Å²) in [5.41, 5.74) is 2.46. The second-order valence-corrected chi connectivity index (χ2v) is 7.00. The average molecular weight is 439 g/mol. The van der Waals surface area contributed by atoms with Crippen LogP contribution in [0, 0.1) is 0 Å². The zero-order chi connectivity index (χ0) is 18.9. The number of benzene rings is 1. The lowest BCUT2D eigenvalue weighted by molar-refractivity contribution is 0.137. The molecule has 3 rings (SSSR count). The molecule has 0 amide bonds. The van der Waals surface area contributed by atoms with Crippen LogP contribution in [0.25, 0.3) is 0 Å². The number of pyridine rings is 1. The van der Waals surface area contributed by atoms with Crippen LogP contribution < -0.4 is 9.47 Å². The summed E-state index contributed by atoms with van der Waals surface area (Å²) in [5, 5.41) is 0. The molecule has 2 aromatic rings. The molecule has 1 aliphatic heterocycles. The summed E-state index contributed by atoms with van der Waals surface area (Å²) in [6.07, 6.45) is 11.3. The van der Waals surface area contributed by atoms with Gasteiger partial charge in [-0.3, -0.25) is 9.88 Å². The van der Waals surface area contributed by atoms with Crippen molar-refractivity contribution in [3.8, 4) is 11.5 Å².